The van der Waals surface area contributed by atoms with E-state index in [2.05, 4.69) is 10.6 Å². The van der Waals surface area contributed by atoms with Gasteiger partial charge < -0.3 is 15.4 Å². The predicted octanol–water partition coefficient (Wildman–Crippen LogP) is -0.0295. The van der Waals surface area contributed by atoms with Crippen molar-refractivity contribution in [3.8, 4) is 0 Å². The van der Waals surface area contributed by atoms with Crippen molar-refractivity contribution in [3.05, 3.63) is 0 Å². The van der Waals surface area contributed by atoms with Crippen LogP contribution in [0.1, 0.15) is 34.1 Å². The lowest BCUT2D eigenvalue weighted by Crippen LogP contribution is -2.46. The van der Waals surface area contributed by atoms with E-state index in [9.17, 15) is 14.4 Å². The van der Waals surface area contributed by atoms with E-state index >= 15 is 0 Å². The zero-order valence-electron chi connectivity index (χ0n) is 11.3. The molecule has 0 spiro atoms. The van der Waals surface area contributed by atoms with Gasteiger partial charge in [-0.15, -0.1) is 0 Å². The number of carbonyl (C=O) groups excluding carboxylic acids is 3. The highest BCUT2D eigenvalue weighted by Gasteiger charge is 2.59. The molecule has 0 aromatic heterocycles. The van der Waals surface area contributed by atoms with Gasteiger partial charge in [0.15, 0.2) is 5.60 Å². The quantitative estimate of drug-likeness (QED) is 0.546. The number of hydrogen-bond donors (Lipinski definition) is 2. The second kappa shape index (κ2) is 4.96. The van der Waals surface area contributed by atoms with E-state index < -0.39 is 22.9 Å². The van der Waals surface area contributed by atoms with Crippen LogP contribution in [0.2, 0.25) is 0 Å². The van der Waals surface area contributed by atoms with E-state index in [0.717, 1.165) is 0 Å². The molecule has 102 valence electrons. The van der Waals surface area contributed by atoms with E-state index in [1.54, 1.807) is 13.8 Å². The summed E-state index contributed by atoms with van der Waals surface area (Å²) in [5.74, 6) is -1.42. The minimum atomic E-state index is -1.30. The number of rotatable bonds is 4. The van der Waals surface area contributed by atoms with Gasteiger partial charge in [0.2, 0.25) is 5.91 Å². The second-order valence-corrected chi connectivity index (χ2v) is 4.85. The van der Waals surface area contributed by atoms with Gasteiger partial charge in [-0.2, -0.15) is 0 Å². The zero-order valence-corrected chi connectivity index (χ0v) is 11.3. The van der Waals surface area contributed by atoms with Gasteiger partial charge >= 0.3 is 5.97 Å². The number of amides is 2. The number of esters is 1. The molecule has 0 aliphatic carbocycles. The first-order valence-corrected chi connectivity index (χ1v) is 6.10. The Morgan fingerprint density at radius 3 is 2.17 bits per heavy atom. The Kier molecular flexibility index (Phi) is 3.98. The van der Waals surface area contributed by atoms with Crippen molar-refractivity contribution < 1.29 is 19.1 Å². The molecule has 2 atom stereocenters. The van der Waals surface area contributed by atoms with Gasteiger partial charge in [-0.3, -0.25) is 14.4 Å². The average molecular weight is 256 g/mol. The normalized spacial score (nSPS) is 30.8. The summed E-state index contributed by atoms with van der Waals surface area (Å²) in [6.45, 7) is 7.46. The van der Waals surface area contributed by atoms with E-state index in [-0.39, 0.29) is 12.3 Å². The van der Waals surface area contributed by atoms with Crippen LogP contribution in [-0.2, 0) is 19.1 Å². The molecule has 2 N–H and O–H groups in total. The van der Waals surface area contributed by atoms with Gasteiger partial charge in [0, 0.05) is 19.5 Å². The van der Waals surface area contributed by atoms with Gasteiger partial charge in [0.05, 0.1) is 0 Å². The Morgan fingerprint density at radius 1 is 1.17 bits per heavy atom. The highest BCUT2D eigenvalue weighted by Crippen LogP contribution is 2.40. The van der Waals surface area contributed by atoms with E-state index in [0.29, 0.717) is 13.1 Å². The SMILES string of the molecule is CCNC(=O)[C@@]1(C)C[C@](C)(C(=O)NCC)OC1=O. The maximum Gasteiger partial charge on any atom is 0.322 e. The van der Waals surface area contributed by atoms with Crippen LogP contribution < -0.4 is 10.6 Å². The first-order chi connectivity index (χ1) is 8.30. The molecule has 1 rings (SSSR count). The summed E-state index contributed by atoms with van der Waals surface area (Å²) in [5, 5.41) is 5.20. The van der Waals surface area contributed by atoms with Gasteiger partial charge in [0.1, 0.15) is 5.41 Å². The average Bonchev–Trinajstić information content (AvgIpc) is 2.53. The highest BCUT2D eigenvalue weighted by molar-refractivity contribution is 6.06. The molecule has 0 saturated carbocycles. The van der Waals surface area contributed by atoms with Crippen molar-refractivity contribution in [1.29, 1.82) is 0 Å². The standard InChI is InChI=1S/C12H20N2O4/c1-5-13-8(15)11(3)7-12(4,18-10(11)17)9(16)14-6-2/h5-7H2,1-4H3,(H,13,15)(H,14,16)/t11-,12-/m1/s1. The molecule has 18 heavy (non-hydrogen) atoms. The fraction of sp³-hybridized carbons (Fsp3) is 0.750. The largest absolute Gasteiger partial charge is 0.448 e. The molecule has 0 bridgehead atoms. The lowest BCUT2D eigenvalue weighted by atomic mass is 9.81. The Morgan fingerprint density at radius 2 is 1.67 bits per heavy atom. The maximum absolute atomic E-state index is 11.9. The summed E-state index contributed by atoms with van der Waals surface area (Å²) in [5.41, 5.74) is -2.57. The molecule has 0 unspecified atom stereocenters. The first-order valence-electron chi connectivity index (χ1n) is 6.10. The summed E-state index contributed by atoms with van der Waals surface area (Å²) in [4.78, 5) is 35.6. The van der Waals surface area contributed by atoms with Crippen LogP contribution in [0.25, 0.3) is 0 Å². The van der Waals surface area contributed by atoms with Crippen molar-refractivity contribution in [2.24, 2.45) is 5.41 Å². The van der Waals surface area contributed by atoms with Crippen LogP contribution in [0.15, 0.2) is 0 Å². The van der Waals surface area contributed by atoms with Crippen molar-refractivity contribution in [3.63, 3.8) is 0 Å². The van der Waals surface area contributed by atoms with E-state index in [1.807, 2.05) is 0 Å². The summed E-state index contributed by atoms with van der Waals surface area (Å²) in [6.07, 6.45) is 0.0521. The molecule has 0 radical (unpaired) electrons. The molecule has 0 aromatic rings. The molecule has 1 fully saturated rings. The monoisotopic (exact) mass is 256 g/mol. The number of nitrogens with one attached hydrogen (secondary N) is 2. The molecule has 6 nitrogen and oxygen atoms in total. The minimum Gasteiger partial charge on any atom is -0.448 e. The van der Waals surface area contributed by atoms with Crippen molar-refractivity contribution >= 4 is 17.8 Å². The Labute approximate surface area is 106 Å². The number of carbonyl (C=O) groups is 3. The van der Waals surface area contributed by atoms with Gasteiger partial charge in [-0.25, -0.2) is 0 Å². The van der Waals surface area contributed by atoms with Crippen molar-refractivity contribution in [1.82, 2.24) is 10.6 Å². The fourth-order valence-corrected chi connectivity index (χ4v) is 2.10. The third-order valence-electron chi connectivity index (χ3n) is 3.12. The topological polar surface area (TPSA) is 84.5 Å². The lowest BCUT2D eigenvalue weighted by Gasteiger charge is -2.22. The summed E-state index contributed by atoms with van der Waals surface area (Å²) in [7, 11) is 0. The molecule has 1 aliphatic rings. The number of likely N-dealkylation sites (N-methyl/N-ethyl adjacent to an activating group) is 1. The van der Waals surface area contributed by atoms with Crippen LogP contribution in [0, 0.1) is 5.41 Å². The molecule has 2 amide bonds. The van der Waals surface area contributed by atoms with Gasteiger partial charge in [0.25, 0.3) is 5.91 Å². The van der Waals surface area contributed by atoms with Crippen LogP contribution in [-0.4, -0.2) is 36.5 Å². The molecule has 1 saturated heterocycles. The number of cyclic esters (lactones) is 1. The zero-order chi connectivity index (χ0) is 14.0. The lowest BCUT2D eigenvalue weighted by molar-refractivity contribution is -0.161. The van der Waals surface area contributed by atoms with Gasteiger partial charge in [-0.05, 0) is 27.7 Å². The van der Waals surface area contributed by atoms with Crippen LogP contribution in [0.3, 0.4) is 0 Å². The van der Waals surface area contributed by atoms with Gasteiger partial charge in [-0.1, -0.05) is 0 Å². The summed E-state index contributed by atoms with van der Waals surface area (Å²) < 4.78 is 5.13. The fourth-order valence-electron chi connectivity index (χ4n) is 2.10. The van der Waals surface area contributed by atoms with Crippen LogP contribution >= 0.6 is 0 Å². The van der Waals surface area contributed by atoms with Crippen LogP contribution in [0.4, 0.5) is 0 Å². The first kappa shape index (κ1) is 14.5. The third-order valence-corrected chi connectivity index (χ3v) is 3.12. The number of hydrogen-bond acceptors (Lipinski definition) is 4. The number of ether oxygens (including phenoxy) is 1. The highest BCUT2D eigenvalue weighted by atomic mass is 16.6. The van der Waals surface area contributed by atoms with Crippen LogP contribution in [0.5, 0.6) is 0 Å². The third kappa shape index (κ3) is 2.32. The Balaban J connectivity index is 2.92. The molecule has 0 aromatic carbocycles. The Hall–Kier alpha value is -1.59. The van der Waals surface area contributed by atoms with E-state index in [1.165, 1.54) is 13.8 Å². The second-order valence-electron chi connectivity index (χ2n) is 4.85. The predicted molar refractivity (Wildman–Crippen MR) is 64.6 cm³/mol. The maximum atomic E-state index is 11.9. The Bertz CT molecular complexity index is 382. The summed E-state index contributed by atoms with van der Waals surface area (Å²) in [6, 6.07) is 0. The van der Waals surface area contributed by atoms with E-state index in [4.69, 9.17) is 4.74 Å². The van der Waals surface area contributed by atoms with Crippen molar-refractivity contribution in [2.75, 3.05) is 13.1 Å². The van der Waals surface area contributed by atoms with Crippen molar-refractivity contribution in [2.45, 2.75) is 39.7 Å². The minimum absolute atomic E-state index is 0.0521. The molecule has 6 heteroatoms. The molecule has 1 heterocycles. The molecule has 1 aliphatic heterocycles. The molecular weight excluding hydrogens is 236 g/mol. The molecular formula is C12H20N2O4. The smallest absolute Gasteiger partial charge is 0.322 e. The summed E-state index contributed by atoms with van der Waals surface area (Å²) >= 11 is 0.